The first-order valence-electron chi connectivity index (χ1n) is 7.96. The minimum absolute atomic E-state index is 0.0152. The highest BCUT2D eigenvalue weighted by atomic mass is 35.5. The number of halogens is 1. The summed E-state index contributed by atoms with van der Waals surface area (Å²) in [4.78, 5) is 15.0. The Morgan fingerprint density at radius 2 is 2.19 bits per heavy atom. The van der Waals surface area contributed by atoms with Crippen molar-refractivity contribution in [2.24, 2.45) is 5.92 Å². The number of benzene rings is 1. The number of carbonyl (C=O) groups is 1. The van der Waals surface area contributed by atoms with Crippen molar-refractivity contribution in [3.8, 4) is 0 Å². The topological polar surface area (TPSA) is 32.3 Å². The summed E-state index contributed by atoms with van der Waals surface area (Å²) in [6.07, 6.45) is 4.42. The van der Waals surface area contributed by atoms with Crippen LogP contribution in [0.15, 0.2) is 24.3 Å². The monoisotopic (exact) mass is 306 g/mol. The highest BCUT2D eigenvalue weighted by Crippen LogP contribution is 2.34. The van der Waals surface area contributed by atoms with E-state index in [1.165, 1.54) is 6.42 Å². The smallest absolute Gasteiger partial charge is 0.240 e. The molecule has 2 heterocycles. The van der Waals surface area contributed by atoms with Gasteiger partial charge in [-0.05, 0) is 55.8 Å². The van der Waals surface area contributed by atoms with Gasteiger partial charge in [-0.25, -0.2) is 0 Å². The van der Waals surface area contributed by atoms with Crippen molar-refractivity contribution < 1.29 is 4.79 Å². The fourth-order valence-corrected chi connectivity index (χ4v) is 3.85. The first kappa shape index (κ1) is 14.9. The van der Waals surface area contributed by atoms with Crippen molar-refractivity contribution in [2.75, 3.05) is 13.1 Å². The molecule has 21 heavy (non-hydrogen) atoms. The summed E-state index contributed by atoms with van der Waals surface area (Å²) in [5.41, 5.74) is 1.16. The summed E-state index contributed by atoms with van der Waals surface area (Å²) in [6.45, 7) is 4.00. The Bertz CT molecular complexity index is 519. The number of likely N-dealkylation sites (tertiary alicyclic amines) is 1. The number of piperidine rings is 1. The molecule has 0 radical (unpaired) electrons. The van der Waals surface area contributed by atoms with E-state index in [2.05, 4.69) is 23.2 Å². The summed E-state index contributed by atoms with van der Waals surface area (Å²) in [5.74, 6) is 0.691. The first-order valence-corrected chi connectivity index (χ1v) is 8.34. The minimum Gasteiger partial charge on any atom is -0.334 e. The number of hydrogen-bond acceptors (Lipinski definition) is 2. The van der Waals surface area contributed by atoms with Gasteiger partial charge in [0.15, 0.2) is 0 Å². The van der Waals surface area contributed by atoms with E-state index in [1.54, 1.807) is 0 Å². The summed E-state index contributed by atoms with van der Waals surface area (Å²) in [7, 11) is 0. The van der Waals surface area contributed by atoms with Crippen LogP contribution in [-0.4, -0.2) is 29.9 Å². The van der Waals surface area contributed by atoms with E-state index in [-0.39, 0.29) is 18.0 Å². The van der Waals surface area contributed by atoms with Crippen LogP contribution in [0.3, 0.4) is 0 Å². The molecule has 3 atom stereocenters. The van der Waals surface area contributed by atoms with E-state index in [0.717, 1.165) is 42.9 Å². The molecule has 114 valence electrons. The van der Waals surface area contributed by atoms with Crippen molar-refractivity contribution in [1.82, 2.24) is 10.2 Å². The van der Waals surface area contributed by atoms with Gasteiger partial charge >= 0.3 is 0 Å². The quantitative estimate of drug-likeness (QED) is 0.908. The Balaban J connectivity index is 1.78. The van der Waals surface area contributed by atoms with Crippen LogP contribution >= 0.6 is 11.6 Å². The fraction of sp³-hybridized carbons (Fsp3) is 0.588. The number of nitrogens with zero attached hydrogens (tertiary/aromatic N) is 1. The van der Waals surface area contributed by atoms with Gasteiger partial charge in [0.1, 0.15) is 0 Å². The highest BCUT2D eigenvalue weighted by Gasteiger charge is 2.36. The standard InChI is InChI=1S/C17H23ClN2O/c1-12-5-3-9-19-16(12)17(21)20-10-4-8-15(20)13-6-2-7-14(18)11-13/h2,6-7,11-12,15-16,19H,3-5,8-10H2,1H3. The second-order valence-electron chi connectivity index (χ2n) is 6.30. The Morgan fingerprint density at radius 3 is 2.95 bits per heavy atom. The fourth-order valence-electron chi connectivity index (χ4n) is 3.65. The van der Waals surface area contributed by atoms with Crippen LogP contribution < -0.4 is 5.32 Å². The molecule has 0 spiro atoms. The van der Waals surface area contributed by atoms with Crippen LogP contribution in [0.1, 0.15) is 44.2 Å². The zero-order chi connectivity index (χ0) is 14.8. The molecule has 4 heteroatoms. The predicted molar refractivity (Wildman–Crippen MR) is 85.3 cm³/mol. The molecule has 1 aromatic rings. The highest BCUT2D eigenvalue weighted by molar-refractivity contribution is 6.30. The zero-order valence-corrected chi connectivity index (χ0v) is 13.3. The van der Waals surface area contributed by atoms with E-state index in [0.29, 0.717) is 5.92 Å². The lowest BCUT2D eigenvalue weighted by molar-refractivity contribution is -0.136. The van der Waals surface area contributed by atoms with Crippen molar-refractivity contribution in [1.29, 1.82) is 0 Å². The normalized spacial score (nSPS) is 29.6. The van der Waals surface area contributed by atoms with Gasteiger partial charge in [0.25, 0.3) is 0 Å². The van der Waals surface area contributed by atoms with Crippen LogP contribution in [0, 0.1) is 5.92 Å². The maximum absolute atomic E-state index is 12.9. The Labute approximate surface area is 131 Å². The first-order chi connectivity index (χ1) is 10.2. The lowest BCUT2D eigenvalue weighted by Crippen LogP contribution is -2.52. The van der Waals surface area contributed by atoms with Crippen molar-refractivity contribution in [3.05, 3.63) is 34.9 Å². The van der Waals surface area contributed by atoms with Crippen LogP contribution in [0.2, 0.25) is 5.02 Å². The van der Waals surface area contributed by atoms with Crippen LogP contribution in [0.4, 0.5) is 0 Å². The third kappa shape index (κ3) is 3.09. The maximum atomic E-state index is 12.9. The molecule has 3 rings (SSSR count). The number of rotatable bonds is 2. The Hall–Kier alpha value is -1.06. The third-order valence-electron chi connectivity index (χ3n) is 4.80. The molecular weight excluding hydrogens is 284 g/mol. The number of carbonyl (C=O) groups excluding carboxylic acids is 1. The molecule has 2 saturated heterocycles. The molecule has 2 aliphatic rings. The molecule has 0 saturated carbocycles. The van der Waals surface area contributed by atoms with E-state index < -0.39 is 0 Å². The lowest BCUT2D eigenvalue weighted by atomic mass is 9.91. The Morgan fingerprint density at radius 1 is 1.33 bits per heavy atom. The van der Waals surface area contributed by atoms with E-state index >= 15 is 0 Å². The zero-order valence-electron chi connectivity index (χ0n) is 12.5. The van der Waals surface area contributed by atoms with Crippen molar-refractivity contribution in [2.45, 2.75) is 44.7 Å². The van der Waals surface area contributed by atoms with Gasteiger partial charge in [-0.2, -0.15) is 0 Å². The van der Waals surface area contributed by atoms with Gasteiger partial charge in [-0.15, -0.1) is 0 Å². The molecule has 3 nitrogen and oxygen atoms in total. The van der Waals surface area contributed by atoms with Gasteiger partial charge < -0.3 is 10.2 Å². The average molecular weight is 307 g/mol. The molecule has 2 aliphatic heterocycles. The molecule has 1 N–H and O–H groups in total. The van der Waals surface area contributed by atoms with E-state index in [4.69, 9.17) is 11.6 Å². The SMILES string of the molecule is CC1CCCNC1C(=O)N1CCCC1c1cccc(Cl)c1. The van der Waals surface area contributed by atoms with E-state index in [1.807, 2.05) is 18.2 Å². The predicted octanol–water partition coefficient (Wildman–Crippen LogP) is 3.39. The second-order valence-corrected chi connectivity index (χ2v) is 6.73. The molecule has 1 aromatic carbocycles. The van der Waals surface area contributed by atoms with Crippen LogP contribution in [0.5, 0.6) is 0 Å². The average Bonchev–Trinajstić information content (AvgIpc) is 2.96. The van der Waals surface area contributed by atoms with Crippen molar-refractivity contribution in [3.63, 3.8) is 0 Å². The summed E-state index contributed by atoms with van der Waals surface area (Å²) in [5, 5.41) is 4.16. The molecule has 3 unspecified atom stereocenters. The molecule has 1 amide bonds. The number of amides is 1. The molecule has 0 aromatic heterocycles. The largest absolute Gasteiger partial charge is 0.334 e. The molecule has 0 aliphatic carbocycles. The van der Waals surface area contributed by atoms with Gasteiger partial charge in [0, 0.05) is 11.6 Å². The van der Waals surface area contributed by atoms with Gasteiger partial charge in [0.05, 0.1) is 12.1 Å². The number of nitrogens with one attached hydrogen (secondary N) is 1. The third-order valence-corrected chi connectivity index (χ3v) is 5.04. The summed E-state index contributed by atoms with van der Waals surface area (Å²) < 4.78 is 0. The number of hydrogen-bond donors (Lipinski definition) is 1. The van der Waals surface area contributed by atoms with Crippen LogP contribution in [0.25, 0.3) is 0 Å². The maximum Gasteiger partial charge on any atom is 0.240 e. The summed E-state index contributed by atoms with van der Waals surface area (Å²) in [6, 6.07) is 8.11. The second kappa shape index (κ2) is 6.37. The van der Waals surface area contributed by atoms with Crippen molar-refractivity contribution >= 4 is 17.5 Å². The van der Waals surface area contributed by atoms with Gasteiger partial charge in [-0.1, -0.05) is 30.7 Å². The molecule has 2 fully saturated rings. The summed E-state index contributed by atoms with van der Waals surface area (Å²) >= 11 is 6.11. The minimum atomic E-state index is -0.0152. The molecule has 0 bridgehead atoms. The van der Waals surface area contributed by atoms with E-state index in [9.17, 15) is 4.79 Å². The van der Waals surface area contributed by atoms with Gasteiger partial charge in [0.2, 0.25) is 5.91 Å². The van der Waals surface area contributed by atoms with Gasteiger partial charge in [-0.3, -0.25) is 4.79 Å². The van der Waals surface area contributed by atoms with Crippen LogP contribution in [-0.2, 0) is 4.79 Å². The molecular formula is C17H23ClN2O. The Kier molecular flexibility index (Phi) is 4.51. The lowest BCUT2D eigenvalue weighted by Gasteiger charge is -2.35.